The number of unbranched alkanes of at least 4 members (excludes halogenated alkanes) is 38. The molecular formula is C70H136O17P2. The smallest absolute Gasteiger partial charge is 0.462 e. The van der Waals surface area contributed by atoms with Crippen LogP contribution in [0.15, 0.2) is 0 Å². The van der Waals surface area contributed by atoms with Gasteiger partial charge in [0.1, 0.15) is 19.3 Å². The summed E-state index contributed by atoms with van der Waals surface area (Å²) in [6.07, 6.45) is 47.3. The first-order valence-electron chi connectivity index (χ1n) is 36.5. The van der Waals surface area contributed by atoms with Crippen molar-refractivity contribution in [2.45, 2.75) is 374 Å². The van der Waals surface area contributed by atoms with E-state index < -0.39 is 97.5 Å². The lowest BCUT2D eigenvalue weighted by Gasteiger charge is -2.21. The fourth-order valence-electron chi connectivity index (χ4n) is 10.6. The van der Waals surface area contributed by atoms with E-state index in [-0.39, 0.29) is 25.7 Å². The molecule has 0 saturated heterocycles. The van der Waals surface area contributed by atoms with E-state index >= 15 is 0 Å². The maximum atomic E-state index is 13.0. The lowest BCUT2D eigenvalue weighted by Crippen LogP contribution is -2.30. The van der Waals surface area contributed by atoms with Crippen LogP contribution in [0.25, 0.3) is 0 Å². The molecule has 6 atom stereocenters. The Morgan fingerprint density at radius 1 is 0.326 bits per heavy atom. The van der Waals surface area contributed by atoms with Gasteiger partial charge in [-0.1, -0.05) is 305 Å². The van der Waals surface area contributed by atoms with Crippen LogP contribution < -0.4 is 0 Å². The number of esters is 4. The molecule has 0 heterocycles. The van der Waals surface area contributed by atoms with Crippen LogP contribution in [-0.4, -0.2) is 96.7 Å². The number of hydrogen-bond donors (Lipinski definition) is 3. The van der Waals surface area contributed by atoms with Gasteiger partial charge in [0.15, 0.2) is 12.2 Å². The molecule has 3 N–H and O–H groups in total. The summed E-state index contributed by atoms with van der Waals surface area (Å²) in [4.78, 5) is 72.4. The van der Waals surface area contributed by atoms with Crippen molar-refractivity contribution in [1.29, 1.82) is 0 Å². The minimum absolute atomic E-state index is 0.102. The second-order valence-corrected chi connectivity index (χ2v) is 28.9. The maximum Gasteiger partial charge on any atom is 0.472 e. The van der Waals surface area contributed by atoms with Crippen molar-refractivity contribution in [1.82, 2.24) is 0 Å². The second kappa shape index (κ2) is 62.2. The van der Waals surface area contributed by atoms with Gasteiger partial charge in [0.25, 0.3) is 0 Å². The molecule has 19 heteroatoms. The molecule has 0 aromatic heterocycles. The average molecular weight is 1310 g/mol. The molecule has 0 saturated carbocycles. The molecule has 0 fully saturated rings. The quantitative estimate of drug-likeness (QED) is 0.0222. The van der Waals surface area contributed by atoms with Crippen LogP contribution in [0.5, 0.6) is 0 Å². The lowest BCUT2D eigenvalue weighted by molar-refractivity contribution is -0.161. The van der Waals surface area contributed by atoms with E-state index in [1.807, 2.05) is 0 Å². The highest BCUT2D eigenvalue weighted by molar-refractivity contribution is 7.47. The van der Waals surface area contributed by atoms with Crippen LogP contribution in [0.4, 0.5) is 0 Å². The lowest BCUT2D eigenvalue weighted by atomic mass is 9.99. The zero-order valence-corrected chi connectivity index (χ0v) is 59.5. The summed E-state index contributed by atoms with van der Waals surface area (Å²) in [5.41, 5.74) is 0. The molecule has 89 heavy (non-hydrogen) atoms. The average Bonchev–Trinajstić information content (AvgIpc) is 3.66. The van der Waals surface area contributed by atoms with Gasteiger partial charge >= 0.3 is 39.5 Å². The molecule has 0 amide bonds. The molecular weight excluding hydrogens is 1170 g/mol. The summed E-state index contributed by atoms with van der Waals surface area (Å²) < 4.78 is 68.2. The third-order valence-corrected chi connectivity index (χ3v) is 18.5. The van der Waals surface area contributed by atoms with Crippen molar-refractivity contribution >= 4 is 39.5 Å². The molecule has 0 aliphatic rings. The Morgan fingerprint density at radius 3 is 0.854 bits per heavy atom. The zero-order chi connectivity index (χ0) is 65.7. The molecule has 0 aromatic rings. The van der Waals surface area contributed by atoms with Gasteiger partial charge in [0, 0.05) is 25.7 Å². The van der Waals surface area contributed by atoms with Crippen LogP contribution >= 0.6 is 15.6 Å². The van der Waals surface area contributed by atoms with Crippen molar-refractivity contribution in [3.8, 4) is 0 Å². The van der Waals surface area contributed by atoms with Crippen LogP contribution in [0.1, 0.15) is 356 Å². The Balaban J connectivity index is 5.21. The molecule has 3 unspecified atom stereocenters. The first-order valence-corrected chi connectivity index (χ1v) is 39.5. The molecule has 0 rings (SSSR count). The molecule has 0 aliphatic heterocycles. The first-order chi connectivity index (χ1) is 42.9. The zero-order valence-electron chi connectivity index (χ0n) is 57.7. The van der Waals surface area contributed by atoms with Gasteiger partial charge in [-0.25, -0.2) is 9.13 Å². The topological polar surface area (TPSA) is 237 Å². The molecule has 17 nitrogen and oxygen atoms in total. The monoisotopic (exact) mass is 1310 g/mol. The molecule has 528 valence electrons. The number of carbonyl (C=O) groups is 4. The summed E-state index contributed by atoms with van der Waals surface area (Å²) in [6, 6.07) is 0. The number of rotatable bonds is 69. The fourth-order valence-corrected chi connectivity index (χ4v) is 12.1. The highest BCUT2D eigenvalue weighted by atomic mass is 31.2. The van der Waals surface area contributed by atoms with E-state index in [0.29, 0.717) is 31.6 Å². The predicted molar refractivity (Wildman–Crippen MR) is 358 cm³/mol. The Labute approximate surface area is 543 Å². The van der Waals surface area contributed by atoms with Crippen molar-refractivity contribution < 1.29 is 80.2 Å². The van der Waals surface area contributed by atoms with E-state index in [0.717, 1.165) is 95.8 Å². The van der Waals surface area contributed by atoms with Crippen LogP contribution in [0.3, 0.4) is 0 Å². The van der Waals surface area contributed by atoms with Crippen LogP contribution in [-0.2, 0) is 65.4 Å². The number of ether oxygens (including phenoxy) is 4. The van der Waals surface area contributed by atoms with E-state index in [9.17, 15) is 43.2 Å². The largest absolute Gasteiger partial charge is 0.472 e. The Kier molecular flexibility index (Phi) is 60.8. The van der Waals surface area contributed by atoms with Gasteiger partial charge in [-0.2, -0.15) is 0 Å². The highest BCUT2D eigenvalue weighted by Crippen LogP contribution is 2.45. The summed E-state index contributed by atoms with van der Waals surface area (Å²) in [5.74, 6) is -0.613. The molecule has 0 bridgehead atoms. The number of carbonyl (C=O) groups excluding carboxylic acids is 4. The van der Waals surface area contributed by atoms with E-state index in [2.05, 4.69) is 41.5 Å². The van der Waals surface area contributed by atoms with Crippen molar-refractivity contribution in [3.05, 3.63) is 0 Å². The Morgan fingerprint density at radius 2 is 0.573 bits per heavy atom. The third-order valence-electron chi connectivity index (χ3n) is 16.6. The van der Waals surface area contributed by atoms with Crippen molar-refractivity contribution in [3.63, 3.8) is 0 Å². The van der Waals surface area contributed by atoms with Gasteiger partial charge in [-0.05, 0) is 37.5 Å². The van der Waals surface area contributed by atoms with Crippen molar-refractivity contribution in [2.24, 2.45) is 11.8 Å². The number of phosphoric acid groups is 2. The van der Waals surface area contributed by atoms with Gasteiger partial charge < -0.3 is 33.8 Å². The molecule has 0 spiro atoms. The number of phosphoric ester groups is 2. The van der Waals surface area contributed by atoms with Gasteiger partial charge in [0.2, 0.25) is 0 Å². The molecule has 0 aromatic carbocycles. The van der Waals surface area contributed by atoms with Gasteiger partial charge in [-0.3, -0.25) is 37.3 Å². The Bertz CT molecular complexity index is 1740. The minimum Gasteiger partial charge on any atom is -0.462 e. The highest BCUT2D eigenvalue weighted by Gasteiger charge is 2.30. The number of aliphatic hydroxyl groups is 1. The fraction of sp³-hybridized carbons (Fsp3) is 0.943. The van der Waals surface area contributed by atoms with Gasteiger partial charge in [0.05, 0.1) is 26.4 Å². The third kappa shape index (κ3) is 63.2. The second-order valence-electron chi connectivity index (χ2n) is 26.0. The summed E-state index contributed by atoms with van der Waals surface area (Å²) in [7, 11) is -9.90. The van der Waals surface area contributed by atoms with Gasteiger partial charge in [-0.15, -0.1) is 0 Å². The summed E-state index contributed by atoms with van der Waals surface area (Å²) in [5, 5.41) is 10.6. The maximum absolute atomic E-state index is 13.0. The Hall–Kier alpha value is -1.94. The van der Waals surface area contributed by atoms with E-state index in [4.69, 9.17) is 37.0 Å². The predicted octanol–water partition coefficient (Wildman–Crippen LogP) is 20.0. The first kappa shape index (κ1) is 87.1. The number of hydrogen-bond acceptors (Lipinski definition) is 15. The normalized spacial score (nSPS) is 14.4. The molecule has 0 aliphatic carbocycles. The SMILES string of the molecule is CCCCCCCCCCCCCCCC(=O)OC[C@H](COP(=O)(O)OC[C@@H](O)COP(=O)(O)OC[C@@H](COC(=O)CCCCCCCCCCC)OC(=O)CCCCCCCCC(C)C)OC(=O)CCCCCCCCCCCCCCCCC(C)CC. The minimum atomic E-state index is -4.95. The molecule has 0 radical (unpaired) electrons. The van der Waals surface area contributed by atoms with Crippen molar-refractivity contribution in [2.75, 3.05) is 39.6 Å². The standard InChI is InChI=1S/C70H136O17P2/c1-7-10-12-14-16-18-19-22-26-30-34-41-47-53-68(73)81-58-65(86-69(74)54-48-42-35-31-27-24-21-20-23-25-29-32-39-45-51-63(6)9-3)60-84-88(76,77)82-56-64(71)57-83-89(78,79)85-61-66(87-70(75)55-49-43-37-36-38-44-50-62(4)5)59-80-67(72)52-46-40-33-28-17-15-13-11-8-2/h62-66,71H,7-61H2,1-6H3,(H,76,77)(H,78,79)/t63?,64-,65-,66-/m1/s1. The number of aliphatic hydroxyl groups excluding tert-OH is 1. The van der Waals surface area contributed by atoms with E-state index in [1.165, 1.54) is 173 Å². The van der Waals surface area contributed by atoms with Crippen LogP contribution in [0.2, 0.25) is 0 Å². The van der Waals surface area contributed by atoms with E-state index in [1.54, 1.807) is 0 Å². The van der Waals surface area contributed by atoms with Crippen LogP contribution in [0, 0.1) is 11.8 Å². The summed E-state index contributed by atoms with van der Waals surface area (Å²) >= 11 is 0. The summed E-state index contributed by atoms with van der Waals surface area (Å²) in [6.45, 7) is 9.49.